The molecule has 10 nitrogen and oxygen atoms in total. The SMILES string of the molecule is CN1C[C@@H]2C(NC(=O)N3Cc4nc(N)nc(-c5c(Cl)cc(Cl)cc5OCCn5cccn5)c4C3)[C@@H]2C1. The van der Waals surface area contributed by atoms with E-state index in [9.17, 15) is 4.79 Å². The van der Waals surface area contributed by atoms with Crippen molar-refractivity contribution in [3.8, 4) is 17.0 Å². The average Bonchev–Trinajstić information content (AvgIpc) is 3.31. The second kappa shape index (κ2) is 9.10. The van der Waals surface area contributed by atoms with E-state index >= 15 is 0 Å². The van der Waals surface area contributed by atoms with Crippen LogP contribution in [0.2, 0.25) is 10.0 Å². The van der Waals surface area contributed by atoms with Crippen LogP contribution in [0.25, 0.3) is 11.3 Å². The summed E-state index contributed by atoms with van der Waals surface area (Å²) in [6.45, 7) is 3.66. The fourth-order valence-corrected chi connectivity index (χ4v) is 5.95. The Morgan fingerprint density at radius 3 is 2.78 bits per heavy atom. The largest absolute Gasteiger partial charge is 0.491 e. The van der Waals surface area contributed by atoms with Gasteiger partial charge in [-0.1, -0.05) is 23.2 Å². The summed E-state index contributed by atoms with van der Waals surface area (Å²) in [6, 6.07) is 5.35. The number of hydrogen-bond donors (Lipinski definition) is 2. The van der Waals surface area contributed by atoms with E-state index < -0.39 is 0 Å². The van der Waals surface area contributed by atoms with E-state index in [-0.39, 0.29) is 18.0 Å². The molecule has 2 aliphatic heterocycles. The number of benzene rings is 1. The number of nitrogens with one attached hydrogen (secondary N) is 1. The van der Waals surface area contributed by atoms with Crippen LogP contribution >= 0.6 is 23.2 Å². The second-order valence-corrected chi connectivity index (χ2v) is 10.5. The predicted molar refractivity (Wildman–Crippen MR) is 136 cm³/mol. The summed E-state index contributed by atoms with van der Waals surface area (Å²) < 4.78 is 7.86. The molecule has 0 spiro atoms. The molecule has 3 aliphatic rings. The third kappa shape index (κ3) is 4.33. The van der Waals surface area contributed by atoms with Crippen molar-refractivity contribution < 1.29 is 9.53 Å². The molecule has 1 saturated heterocycles. The molecule has 3 aromatic rings. The van der Waals surface area contributed by atoms with Crippen LogP contribution in [0, 0.1) is 11.8 Å². The predicted octanol–water partition coefficient (Wildman–Crippen LogP) is 2.89. The van der Waals surface area contributed by atoms with Crippen molar-refractivity contribution in [2.45, 2.75) is 25.7 Å². The molecule has 3 N–H and O–H groups in total. The van der Waals surface area contributed by atoms with Gasteiger partial charge in [-0.25, -0.2) is 14.8 Å². The highest BCUT2D eigenvalue weighted by atomic mass is 35.5. The number of carbonyl (C=O) groups is 1. The van der Waals surface area contributed by atoms with Crippen LogP contribution in [0.5, 0.6) is 5.75 Å². The highest BCUT2D eigenvalue weighted by Crippen LogP contribution is 2.45. The Labute approximate surface area is 218 Å². The van der Waals surface area contributed by atoms with Crippen LogP contribution in [0.1, 0.15) is 11.3 Å². The molecule has 1 aliphatic carbocycles. The van der Waals surface area contributed by atoms with Gasteiger partial charge in [0.1, 0.15) is 12.4 Å². The van der Waals surface area contributed by atoms with Crippen LogP contribution in [-0.2, 0) is 19.6 Å². The number of ether oxygens (including phenoxy) is 1. The van der Waals surface area contributed by atoms with Crippen molar-refractivity contribution in [3.63, 3.8) is 0 Å². The maximum atomic E-state index is 13.1. The minimum absolute atomic E-state index is 0.0996. The number of nitrogen functional groups attached to an aromatic ring is 1. The van der Waals surface area contributed by atoms with Gasteiger partial charge in [0.25, 0.3) is 0 Å². The summed E-state index contributed by atoms with van der Waals surface area (Å²) in [7, 11) is 2.12. The van der Waals surface area contributed by atoms with Gasteiger partial charge in [-0.05, 0) is 37.1 Å². The molecular formula is C24H26Cl2N8O2. The van der Waals surface area contributed by atoms with E-state index in [1.54, 1.807) is 27.9 Å². The van der Waals surface area contributed by atoms with Gasteiger partial charge in [0.05, 0.1) is 41.6 Å². The van der Waals surface area contributed by atoms with E-state index in [1.807, 2.05) is 12.3 Å². The number of amides is 2. The minimum atomic E-state index is -0.0996. The number of nitrogens with zero attached hydrogens (tertiary/aromatic N) is 6. The van der Waals surface area contributed by atoms with Crippen molar-refractivity contribution in [2.75, 3.05) is 32.5 Å². The van der Waals surface area contributed by atoms with Crippen LogP contribution in [-0.4, -0.2) is 68.4 Å². The molecule has 6 rings (SSSR count). The number of fused-ring (bicyclic) bond motifs is 2. The van der Waals surface area contributed by atoms with Gasteiger partial charge in [-0.15, -0.1) is 0 Å². The monoisotopic (exact) mass is 528 g/mol. The summed E-state index contributed by atoms with van der Waals surface area (Å²) in [5.41, 5.74) is 8.72. The van der Waals surface area contributed by atoms with Crippen molar-refractivity contribution >= 4 is 35.2 Å². The van der Waals surface area contributed by atoms with Crippen LogP contribution < -0.4 is 15.8 Å². The lowest BCUT2D eigenvalue weighted by molar-refractivity contribution is 0.195. The number of nitrogens with two attached hydrogens (primary N) is 1. The third-order valence-electron chi connectivity index (χ3n) is 7.15. The number of hydrogen-bond acceptors (Lipinski definition) is 7. The Morgan fingerprint density at radius 2 is 2.03 bits per heavy atom. The normalized spacial score (nSPS) is 22.4. The molecule has 3 atom stereocenters. The first-order valence-electron chi connectivity index (χ1n) is 11.9. The maximum absolute atomic E-state index is 13.1. The zero-order valence-corrected chi connectivity index (χ0v) is 21.2. The summed E-state index contributed by atoms with van der Waals surface area (Å²) in [4.78, 5) is 26.1. The first-order valence-corrected chi connectivity index (χ1v) is 12.6. The number of carbonyl (C=O) groups excluding carboxylic acids is 1. The van der Waals surface area contributed by atoms with Crippen molar-refractivity contribution in [2.24, 2.45) is 11.8 Å². The van der Waals surface area contributed by atoms with Gasteiger partial charge < -0.3 is 25.6 Å². The van der Waals surface area contributed by atoms with Gasteiger partial charge >= 0.3 is 6.03 Å². The molecular weight excluding hydrogens is 503 g/mol. The molecule has 12 heteroatoms. The lowest BCUT2D eigenvalue weighted by atomic mass is 10.0. The van der Waals surface area contributed by atoms with Crippen LogP contribution in [0.15, 0.2) is 30.6 Å². The molecule has 1 unspecified atom stereocenters. The van der Waals surface area contributed by atoms with Gasteiger partial charge in [-0.2, -0.15) is 5.10 Å². The number of halogens is 2. The number of likely N-dealkylation sites (tertiary alicyclic amines) is 1. The maximum Gasteiger partial charge on any atom is 0.318 e. The summed E-state index contributed by atoms with van der Waals surface area (Å²) >= 11 is 13.0. The first-order chi connectivity index (χ1) is 17.4. The Morgan fingerprint density at radius 1 is 1.22 bits per heavy atom. The van der Waals surface area contributed by atoms with Crippen molar-refractivity contribution in [1.29, 1.82) is 0 Å². The zero-order chi connectivity index (χ0) is 25.0. The van der Waals surface area contributed by atoms with Crippen molar-refractivity contribution in [3.05, 3.63) is 51.9 Å². The lowest BCUT2D eigenvalue weighted by Gasteiger charge is -2.19. The summed E-state index contributed by atoms with van der Waals surface area (Å²) in [6.07, 6.45) is 3.57. The molecule has 1 saturated carbocycles. The summed E-state index contributed by atoms with van der Waals surface area (Å²) in [5, 5.41) is 8.23. The molecule has 188 valence electrons. The Bertz CT molecular complexity index is 1310. The quantitative estimate of drug-likeness (QED) is 0.505. The number of urea groups is 1. The zero-order valence-electron chi connectivity index (χ0n) is 19.7. The number of piperidine rings is 1. The Kier molecular flexibility index (Phi) is 5.89. The second-order valence-electron chi connectivity index (χ2n) is 9.61. The molecule has 1 aromatic carbocycles. The Hall–Kier alpha value is -3.08. The topological polar surface area (TPSA) is 114 Å². The molecule has 4 heterocycles. The molecule has 0 bridgehead atoms. The van der Waals surface area contributed by atoms with E-state index in [0.717, 1.165) is 18.7 Å². The number of aromatic nitrogens is 4. The first kappa shape index (κ1) is 23.3. The Balaban J connectivity index is 1.24. The molecule has 2 amide bonds. The highest BCUT2D eigenvalue weighted by molar-refractivity contribution is 6.37. The molecule has 36 heavy (non-hydrogen) atoms. The standard InChI is InChI=1S/C24H26Cl2N8O2/c1-32-9-14-15(10-32)21(14)31-24(35)33-11-16-18(12-33)29-23(27)30-22(16)20-17(26)7-13(25)8-19(20)36-6-5-34-4-2-3-28-34/h2-4,7-8,14-15,21H,5-6,9-12H2,1H3,(H,31,35)(H2,27,29,30)/t14-,15+,21?. The van der Waals surface area contributed by atoms with Gasteiger partial charge in [0.2, 0.25) is 5.95 Å². The van der Waals surface area contributed by atoms with Gasteiger partial charge in [0, 0.05) is 42.1 Å². The third-order valence-corrected chi connectivity index (χ3v) is 7.66. The van der Waals surface area contributed by atoms with E-state index in [4.69, 9.17) is 33.7 Å². The van der Waals surface area contributed by atoms with E-state index in [0.29, 0.717) is 70.8 Å². The lowest BCUT2D eigenvalue weighted by Crippen LogP contribution is -2.40. The van der Waals surface area contributed by atoms with Crippen LogP contribution in [0.4, 0.5) is 10.7 Å². The van der Waals surface area contributed by atoms with Gasteiger partial charge in [-0.3, -0.25) is 4.68 Å². The fourth-order valence-electron chi connectivity index (χ4n) is 5.38. The molecule has 2 aromatic heterocycles. The van der Waals surface area contributed by atoms with E-state index in [2.05, 4.69) is 32.3 Å². The molecule has 0 radical (unpaired) electrons. The van der Waals surface area contributed by atoms with E-state index in [1.165, 1.54) is 0 Å². The minimum Gasteiger partial charge on any atom is -0.491 e. The highest BCUT2D eigenvalue weighted by Gasteiger charge is 2.55. The number of rotatable bonds is 6. The van der Waals surface area contributed by atoms with Crippen molar-refractivity contribution in [1.82, 2.24) is 34.9 Å². The summed E-state index contributed by atoms with van der Waals surface area (Å²) in [5.74, 6) is 1.69. The molecule has 2 fully saturated rings. The van der Waals surface area contributed by atoms with Crippen LogP contribution in [0.3, 0.4) is 0 Å². The smallest absolute Gasteiger partial charge is 0.318 e. The number of anilines is 1. The fraction of sp³-hybridized carbons (Fsp3) is 0.417. The van der Waals surface area contributed by atoms with Gasteiger partial charge in [0.15, 0.2) is 0 Å². The average molecular weight is 529 g/mol.